The molecule has 0 radical (unpaired) electrons. The van der Waals surface area contributed by atoms with Crippen LogP contribution in [0.3, 0.4) is 0 Å². The van der Waals surface area contributed by atoms with E-state index in [9.17, 15) is 36.6 Å². The van der Waals surface area contributed by atoms with Crippen molar-refractivity contribution in [2.45, 2.75) is 88.7 Å². The van der Waals surface area contributed by atoms with Crippen LogP contribution in [-0.2, 0) is 6.18 Å². The Balaban J connectivity index is 1.55. The summed E-state index contributed by atoms with van der Waals surface area (Å²) in [5, 5.41) is 15.4. The molecule has 1 aliphatic heterocycles. The molecule has 0 spiro atoms. The second kappa shape index (κ2) is 10.5. The molecule has 3 fully saturated rings. The number of likely N-dealkylation sites (tertiary alicyclic amines) is 1. The van der Waals surface area contributed by atoms with E-state index in [1.165, 1.54) is 6.92 Å². The molecule has 5 rings (SSSR count). The molecule has 8 nitrogen and oxygen atoms in total. The maximum atomic E-state index is 14.3. The lowest BCUT2D eigenvalue weighted by Gasteiger charge is -2.21. The third-order valence-electron chi connectivity index (χ3n) is 7.77. The zero-order valence-electron chi connectivity index (χ0n) is 21.9. The van der Waals surface area contributed by atoms with E-state index in [1.807, 2.05) is 6.92 Å². The highest BCUT2D eigenvalue weighted by molar-refractivity contribution is 7.17. The number of hydrogen-bond acceptors (Lipinski definition) is 7. The molecule has 1 unspecified atom stereocenters. The van der Waals surface area contributed by atoms with Crippen molar-refractivity contribution in [1.82, 2.24) is 20.2 Å². The van der Waals surface area contributed by atoms with E-state index >= 15 is 0 Å². The van der Waals surface area contributed by atoms with Crippen molar-refractivity contribution in [2.24, 2.45) is 5.92 Å². The summed E-state index contributed by atoms with van der Waals surface area (Å²) in [7, 11) is 0. The van der Waals surface area contributed by atoms with E-state index in [0.29, 0.717) is 36.5 Å². The van der Waals surface area contributed by atoms with E-state index in [1.54, 1.807) is 0 Å². The molecule has 1 saturated heterocycles. The average molecular weight is 588 g/mol. The number of halogens is 5. The number of anilines is 1. The second-order valence-corrected chi connectivity index (χ2v) is 12.0. The van der Waals surface area contributed by atoms with Crippen LogP contribution >= 0.6 is 11.3 Å². The molecule has 2 aromatic heterocycles. The number of aliphatic hydroxyl groups excluding tert-OH is 1. The number of nitrogens with zero attached hydrogens (tertiary/aromatic N) is 3. The first-order valence-corrected chi connectivity index (χ1v) is 14.1. The van der Waals surface area contributed by atoms with E-state index in [4.69, 9.17) is 0 Å². The Hall–Kier alpha value is -2.87. The predicted octanol–water partition coefficient (Wildman–Crippen LogP) is 4.95. The van der Waals surface area contributed by atoms with Gasteiger partial charge in [-0.3, -0.25) is 9.59 Å². The first-order valence-electron chi connectivity index (χ1n) is 13.3. The summed E-state index contributed by atoms with van der Waals surface area (Å²) < 4.78 is 71.2. The summed E-state index contributed by atoms with van der Waals surface area (Å²) in [6.07, 6.45) is -1.64. The fraction of sp³-hybridized carbons (Fsp3) is 0.615. The fourth-order valence-electron chi connectivity index (χ4n) is 5.40. The summed E-state index contributed by atoms with van der Waals surface area (Å²) in [5.74, 6) is -4.56. The van der Waals surface area contributed by atoms with E-state index in [2.05, 4.69) is 20.6 Å². The Morgan fingerprint density at radius 1 is 1.23 bits per heavy atom. The lowest BCUT2D eigenvalue weighted by atomic mass is 10.1. The number of alkyl halides is 5. The van der Waals surface area contributed by atoms with E-state index in [-0.39, 0.29) is 21.7 Å². The van der Waals surface area contributed by atoms with Crippen molar-refractivity contribution in [1.29, 1.82) is 0 Å². The highest BCUT2D eigenvalue weighted by Gasteiger charge is 2.47. The van der Waals surface area contributed by atoms with Crippen LogP contribution in [0.25, 0.3) is 10.4 Å². The second-order valence-electron chi connectivity index (χ2n) is 11.0. The molecule has 0 bridgehead atoms. The summed E-state index contributed by atoms with van der Waals surface area (Å²) in [6.45, 7) is 2.37. The standard InChI is InChI=1S/C26H30F5N5O3S/c1-12-9-25(27,28)11-36(12)24(39)20-21(40-23(35-20)22(38)34-17-4-3-5-18(17)37)15-10-32-19(8-16(15)26(29,30)31)33-13(2)14-6-7-14/h8,10,12-14,17-18,37H,3-7,9,11H2,1-2H3,(H,32,33)(H,34,38)/t12?,13-,17+,18-/m0/s1. The normalized spacial score (nSPS) is 25.2. The average Bonchev–Trinajstić information content (AvgIpc) is 3.41. The van der Waals surface area contributed by atoms with Crippen molar-refractivity contribution in [3.05, 3.63) is 28.5 Å². The van der Waals surface area contributed by atoms with Gasteiger partial charge in [0.1, 0.15) is 11.5 Å². The van der Waals surface area contributed by atoms with Crippen molar-refractivity contribution in [2.75, 3.05) is 11.9 Å². The third kappa shape index (κ3) is 5.92. The molecule has 2 saturated carbocycles. The number of carbonyl (C=O) groups excluding carboxylic acids is 2. The Morgan fingerprint density at radius 3 is 2.52 bits per heavy atom. The number of rotatable bonds is 7. The number of aliphatic hydroxyl groups is 1. The number of nitrogens with one attached hydrogen (secondary N) is 2. The van der Waals surface area contributed by atoms with Crippen molar-refractivity contribution >= 4 is 29.0 Å². The van der Waals surface area contributed by atoms with Gasteiger partial charge >= 0.3 is 6.18 Å². The maximum absolute atomic E-state index is 14.3. The fourth-order valence-corrected chi connectivity index (χ4v) is 6.38. The highest BCUT2D eigenvalue weighted by Crippen LogP contribution is 2.43. The SMILES string of the molecule is CC1CC(F)(F)CN1C(=O)c1nc(C(=O)N[C@@H]2CCC[C@@H]2O)sc1-c1cnc(N[C@@H](C)C2CC2)cc1C(F)(F)F. The number of carbonyl (C=O) groups is 2. The summed E-state index contributed by atoms with van der Waals surface area (Å²) in [5.41, 5.74) is -2.09. The third-order valence-corrected chi connectivity index (χ3v) is 8.85. The van der Waals surface area contributed by atoms with Crippen molar-refractivity contribution < 1.29 is 36.6 Å². The van der Waals surface area contributed by atoms with Gasteiger partial charge in [0.2, 0.25) is 0 Å². The van der Waals surface area contributed by atoms with Crippen molar-refractivity contribution in [3.63, 3.8) is 0 Å². The smallest absolute Gasteiger partial charge is 0.391 e. The van der Waals surface area contributed by atoms with Crippen LogP contribution in [0.2, 0.25) is 0 Å². The molecule has 218 valence electrons. The molecular formula is C26H30F5N5O3S. The van der Waals surface area contributed by atoms with Crippen LogP contribution in [-0.4, -0.2) is 68.5 Å². The van der Waals surface area contributed by atoms with Crippen LogP contribution in [0.4, 0.5) is 27.8 Å². The number of aromatic nitrogens is 2. The van der Waals surface area contributed by atoms with Gasteiger partial charge in [-0.2, -0.15) is 13.2 Å². The Morgan fingerprint density at radius 2 is 1.95 bits per heavy atom. The lowest BCUT2D eigenvalue weighted by Crippen LogP contribution is -2.40. The van der Waals surface area contributed by atoms with Gasteiger partial charge in [0, 0.05) is 30.3 Å². The van der Waals surface area contributed by atoms with Gasteiger partial charge in [0.05, 0.1) is 29.1 Å². The Kier molecular flexibility index (Phi) is 7.53. The van der Waals surface area contributed by atoms with Crippen LogP contribution < -0.4 is 10.6 Å². The van der Waals surface area contributed by atoms with E-state index < -0.39 is 71.9 Å². The number of thiazole rings is 1. The van der Waals surface area contributed by atoms with Crippen LogP contribution in [0.1, 0.15) is 78.2 Å². The monoisotopic (exact) mass is 587 g/mol. The Bertz CT molecular complexity index is 1300. The summed E-state index contributed by atoms with van der Waals surface area (Å²) in [6, 6.07) is -0.690. The molecule has 3 N–H and O–H groups in total. The lowest BCUT2D eigenvalue weighted by molar-refractivity contribution is -0.137. The summed E-state index contributed by atoms with van der Waals surface area (Å²) in [4.78, 5) is 35.3. The molecule has 2 aliphatic carbocycles. The zero-order valence-corrected chi connectivity index (χ0v) is 22.7. The van der Waals surface area contributed by atoms with Gasteiger partial charge in [-0.25, -0.2) is 18.7 Å². The molecule has 4 atom stereocenters. The van der Waals surface area contributed by atoms with Gasteiger partial charge in [-0.1, -0.05) is 0 Å². The molecule has 40 heavy (non-hydrogen) atoms. The van der Waals surface area contributed by atoms with Gasteiger partial charge in [0.25, 0.3) is 17.7 Å². The molecular weight excluding hydrogens is 557 g/mol. The predicted molar refractivity (Wildman–Crippen MR) is 137 cm³/mol. The number of hydrogen-bond donors (Lipinski definition) is 3. The molecule has 2 aromatic rings. The molecule has 14 heteroatoms. The van der Waals surface area contributed by atoms with Gasteiger partial charge in [-0.15, -0.1) is 11.3 Å². The quantitative estimate of drug-likeness (QED) is 0.396. The first kappa shape index (κ1) is 28.7. The molecule has 2 amide bonds. The molecule has 0 aromatic carbocycles. The first-order chi connectivity index (χ1) is 18.7. The minimum absolute atomic E-state index is 0.00821. The van der Waals surface area contributed by atoms with Crippen LogP contribution in [0.5, 0.6) is 0 Å². The topological polar surface area (TPSA) is 107 Å². The van der Waals surface area contributed by atoms with Crippen LogP contribution in [0, 0.1) is 5.92 Å². The highest BCUT2D eigenvalue weighted by atomic mass is 32.1. The largest absolute Gasteiger partial charge is 0.417 e. The van der Waals surface area contributed by atoms with Gasteiger partial charge in [0.15, 0.2) is 5.01 Å². The van der Waals surface area contributed by atoms with E-state index in [0.717, 1.165) is 30.0 Å². The maximum Gasteiger partial charge on any atom is 0.417 e. The van der Waals surface area contributed by atoms with Crippen molar-refractivity contribution in [3.8, 4) is 10.4 Å². The number of pyridine rings is 1. The van der Waals surface area contributed by atoms with Gasteiger partial charge in [-0.05, 0) is 57.9 Å². The van der Waals surface area contributed by atoms with Crippen LogP contribution in [0.15, 0.2) is 12.3 Å². The summed E-state index contributed by atoms with van der Waals surface area (Å²) >= 11 is 0.558. The number of amides is 2. The minimum atomic E-state index is -4.85. The zero-order chi connectivity index (χ0) is 29.0. The Labute approximate surface area is 231 Å². The van der Waals surface area contributed by atoms with Gasteiger partial charge < -0.3 is 20.6 Å². The molecule has 3 heterocycles. The minimum Gasteiger partial charge on any atom is -0.391 e. The molecule has 3 aliphatic rings.